The van der Waals surface area contributed by atoms with Crippen LogP contribution in [0.3, 0.4) is 0 Å². The fourth-order valence-corrected chi connectivity index (χ4v) is 2.75. The van der Waals surface area contributed by atoms with Gasteiger partial charge >= 0.3 is 0 Å². The Morgan fingerprint density at radius 1 is 1.19 bits per heavy atom. The van der Waals surface area contributed by atoms with Crippen LogP contribution in [0.2, 0.25) is 5.02 Å². The van der Waals surface area contributed by atoms with Gasteiger partial charge in [-0.2, -0.15) is 0 Å². The molecule has 1 aromatic rings. The number of anilines is 1. The van der Waals surface area contributed by atoms with Crippen LogP contribution in [0.5, 0.6) is 5.75 Å². The second-order valence-electron chi connectivity index (χ2n) is 7.08. The van der Waals surface area contributed by atoms with Crippen molar-refractivity contribution in [3.8, 4) is 5.75 Å². The normalized spacial score (nSPS) is 14.0. The first-order valence-electron chi connectivity index (χ1n) is 9.10. The highest BCUT2D eigenvalue weighted by Crippen LogP contribution is 2.29. The zero-order chi connectivity index (χ0) is 19.8. The minimum atomic E-state index is -0.850. The molecule has 0 aliphatic rings. The standard InChI is InChI=1S/C20H32ClNO4/c1-7-11-20(5,26-8-2)18(23)22-15-9-10-17(16(21)14-15)25-13-12-19(3,4)24-6/h9-10,14H,7-8,11-13H2,1-6H3,(H,22,23)/t20-/m0/s1. The van der Waals surface area contributed by atoms with Crippen molar-refractivity contribution in [1.29, 1.82) is 0 Å². The molecular formula is C20H32ClNO4. The number of benzene rings is 1. The van der Waals surface area contributed by atoms with E-state index in [9.17, 15) is 4.79 Å². The van der Waals surface area contributed by atoms with E-state index in [1.807, 2.05) is 34.6 Å². The van der Waals surface area contributed by atoms with Gasteiger partial charge < -0.3 is 19.5 Å². The zero-order valence-corrected chi connectivity index (χ0v) is 17.5. The summed E-state index contributed by atoms with van der Waals surface area (Å²) in [7, 11) is 1.68. The third kappa shape index (κ3) is 6.78. The Balaban J connectivity index is 2.73. The lowest BCUT2D eigenvalue weighted by atomic mass is 9.99. The molecule has 0 aliphatic heterocycles. The van der Waals surface area contributed by atoms with Gasteiger partial charge in [0.05, 0.1) is 17.2 Å². The van der Waals surface area contributed by atoms with Gasteiger partial charge in [0.2, 0.25) is 0 Å². The van der Waals surface area contributed by atoms with Crippen LogP contribution in [0.1, 0.15) is 53.9 Å². The maximum absolute atomic E-state index is 12.6. The average molecular weight is 386 g/mol. The van der Waals surface area contributed by atoms with Crippen LogP contribution in [0.15, 0.2) is 18.2 Å². The maximum Gasteiger partial charge on any atom is 0.256 e. The molecule has 0 aliphatic carbocycles. The fraction of sp³-hybridized carbons (Fsp3) is 0.650. The molecule has 0 spiro atoms. The van der Waals surface area contributed by atoms with E-state index in [4.69, 9.17) is 25.8 Å². The van der Waals surface area contributed by atoms with Gasteiger partial charge in [0, 0.05) is 25.8 Å². The Labute approximate surface area is 162 Å². The van der Waals surface area contributed by atoms with Gasteiger partial charge in [-0.15, -0.1) is 0 Å². The lowest BCUT2D eigenvalue weighted by molar-refractivity contribution is -0.139. The molecule has 0 fully saturated rings. The van der Waals surface area contributed by atoms with Crippen molar-refractivity contribution < 1.29 is 19.0 Å². The van der Waals surface area contributed by atoms with Crippen molar-refractivity contribution in [2.24, 2.45) is 0 Å². The highest BCUT2D eigenvalue weighted by molar-refractivity contribution is 6.32. The van der Waals surface area contributed by atoms with E-state index in [0.29, 0.717) is 36.1 Å². The Morgan fingerprint density at radius 3 is 2.42 bits per heavy atom. The first-order valence-corrected chi connectivity index (χ1v) is 9.48. The maximum atomic E-state index is 12.6. The molecular weight excluding hydrogens is 354 g/mol. The Bertz CT molecular complexity index is 583. The Kier molecular flexibility index (Phi) is 8.87. The van der Waals surface area contributed by atoms with Crippen molar-refractivity contribution in [2.45, 2.75) is 65.1 Å². The molecule has 148 valence electrons. The van der Waals surface area contributed by atoms with E-state index in [0.717, 1.165) is 12.8 Å². The van der Waals surface area contributed by atoms with Gasteiger partial charge in [-0.3, -0.25) is 4.79 Å². The summed E-state index contributed by atoms with van der Waals surface area (Å²) in [5.41, 5.74) is -0.480. The molecule has 1 amide bonds. The number of carbonyl (C=O) groups excluding carboxylic acids is 1. The number of hydrogen-bond donors (Lipinski definition) is 1. The lowest BCUT2D eigenvalue weighted by Gasteiger charge is -2.28. The fourth-order valence-electron chi connectivity index (χ4n) is 2.51. The molecule has 6 heteroatoms. The molecule has 0 saturated heterocycles. The topological polar surface area (TPSA) is 56.8 Å². The van der Waals surface area contributed by atoms with Crippen molar-refractivity contribution in [2.75, 3.05) is 25.6 Å². The molecule has 1 atom stereocenters. The predicted octanol–water partition coefficient (Wildman–Crippen LogP) is 5.07. The third-order valence-electron chi connectivity index (χ3n) is 4.37. The molecule has 0 saturated carbocycles. The van der Waals surface area contributed by atoms with E-state index < -0.39 is 5.60 Å². The summed E-state index contributed by atoms with van der Waals surface area (Å²) in [4.78, 5) is 12.6. The van der Waals surface area contributed by atoms with Crippen molar-refractivity contribution in [3.63, 3.8) is 0 Å². The first kappa shape index (κ1) is 22.7. The summed E-state index contributed by atoms with van der Waals surface area (Å²) in [5.74, 6) is 0.408. The van der Waals surface area contributed by atoms with Crippen LogP contribution in [0.25, 0.3) is 0 Å². The zero-order valence-electron chi connectivity index (χ0n) is 16.8. The molecule has 1 aromatic carbocycles. The average Bonchev–Trinajstić information content (AvgIpc) is 2.57. The summed E-state index contributed by atoms with van der Waals surface area (Å²) in [5, 5.41) is 3.34. The number of rotatable bonds is 11. The van der Waals surface area contributed by atoms with Crippen LogP contribution in [0, 0.1) is 0 Å². The SMILES string of the molecule is CCC[C@](C)(OCC)C(=O)Nc1ccc(OCCC(C)(C)OC)c(Cl)c1. The molecule has 5 nitrogen and oxygen atoms in total. The minimum Gasteiger partial charge on any atom is -0.492 e. The summed E-state index contributed by atoms with van der Waals surface area (Å²) in [6.45, 7) is 10.7. The smallest absolute Gasteiger partial charge is 0.256 e. The largest absolute Gasteiger partial charge is 0.492 e. The molecule has 0 unspecified atom stereocenters. The number of halogens is 1. The third-order valence-corrected chi connectivity index (χ3v) is 4.67. The second-order valence-corrected chi connectivity index (χ2v) is 7.48. The molecule has 0 heterocycles. The van der Waals surface area contributed by atoms with Crippen molar-refractivity contribution in [1.82, 2.24) is 0 Å². The van der Waals surface area contributed by atoms with E-state index >= 15 is 0 Å². The van der Waals surface area contributed by atoms with Gasteiger partial charge in [0.15, 0.2) is 0 Å². The van der Waals surface area contributed by atoms with Crippen LogP contribution in [-0.2, 0) is 14.3 Å². The van der Waals surface area contributed by atoms with E-state index in [1.54, 1.807) is 25.3 Å². The van der Waals surface area contributed by atoms with Gasteiger partial charge in [0.25, 0.3) is 5.91 Å². The van der Waals surface area contributed by atoms with Gasteiger partial charge in [-0.1, -0.05) is 24.9 Å². The number of hydrogen-bond acceptors (Lipinski definition) is 4. The van der Waals surface area contributed by atoms with Crippen LogP contribution < -0.4 is 10.1 Å². The summed E-state index contributed by atoms with van der Waals surface area (Å²) >= 11 is 6.29. The van der Waals surface area contributed by atoms with Crippen molar-refractivity contribution in [3.05, 3.63) is 23.2 Å². The van der Waals surface area contributed by atoms with E-state index in [1.165, 1.54) is 0 Å². The Hall–Kier alpha value is -1.30. The van der Waals surface area contributed by atoms with E-state index in [2.05, 4.69) is 5.32 Å². The Morgan fingerprint density at radius 2 is 1.88 bits per heavy atom. The van der Waals surface area contributed by atoms with Crippen molar-refractivity contribution >= 4 is 23.2 Å². The summed E-state index contributed by atoms with van der Waals surface area (Å²) < 4.78 is 16.8. The molecule has 1 rings (SSSR count). The number of ether oxygens (including phenoxy) is 3. The van der Waals surface area contributed by atoms with E-state index in [-0.39, 0.29) is 11.5 Å². The lowest BCUT2D eigenvalue weighted by Crippen LogP contribution is -2.42. The molecule has 26 heavy (non-hydrogen) atoms. The highest BCUT2D eigenvalue weighted by Gasteiger charge is 2.33. The number of amides is 1. The van der Waals surface area contributed by atoms with Crippen LogP contribution in [-0.4, -0.2) is 37.4 Å². The highest BCUT2D eigenvalue weighted by atomic mass is 35.5. The summed E-state index contributed by atoms with van der Waals surface area (Å²) in [6, 6.07) is 5.23. The van der Waals surface area contributed by atoms with Gasteiger partial charge in [-0.25, -0.2) is 0 Å². The predicted molar refractivity (Wildman–Crippen MR) is 106 cm³/mol. The monoisotopic (exact) mass is 385 g/mol. The quantitative estimate of drug-likeness (QED) is 0.577. The van der Waals surface area contributed by atoms with Crippen LogP contribution >= 0.6 is 11.6 Å². The number of carbonyl (C=O) groups is 1. The first-order chi connectivity index (χ1) is 12.2. The van der Waals surface area contributed by atoms with Gasteiger partial charge in [-0.05, 0) is 52.3 Å². The number of methoxy groups -OCH3 is 1. The second kappa shape index (κ2) is 10.1. The number of nitrogens with one attached hydrogen (secondary N) is 1. The molecule has 0 radical (unpaired) electrons. The molecule has 0 aromatic heterocycles. The minimum absolute atomic E-state index is 0.173. The molecule has 0 bridgehead atoms. The van der Waals surface area contributed by atoms with Gasteiger partial charge in [0.1, 0.15) is 11.4 Å². The summed E-state index contributed by atoms with van der Waals surface area (Å²) in [6.07, 6.45) is 2.24. The molecule has 1 N–H and O–H groups in total. The van der Waals surface area contributed by atoms with Crippen LogP contribution in [0.4, 0.5) is 5.69 Å².